The van der Waals surface area contributed by atoms with Crippen molar-refractivity contribution in [1.29, 1.82) is 0 Å². The van der Waals surface area contributed by atoms with Crippen LogP contribution in [0.5, 0.6) is 0 Å². The molecule has 0 radical (unpaired) electrons. The molecule has 0 aromatic carbocycles. The molecule has 0 heterocycles. The van der Waals surface area contributed by atoms with Gasteiger partial charge in [0.2, 0.25) is 0 Å². The highest BCUT2D eigenvalue weighted by molar-refractivity contribution is 5.68. The summed E-state index contributed by atoms with van der Waals surface area (Å²) in [5.41, 5.74) is -0.423. The quantitative estimate of drug-likeness (QED) is 0.834. The molecule has 1 amide bonds. The fourth-order valence-electron chi connectivity index (χ4n) is 3.36. The summed E-state index contributed by atoms with van der Waals surface area (Å²) in [6, 6.07) is 1.29. The van der Waals surface area contributed by atoms with Gasteiger partial charge in [-0.1, -0.05) is 25.7 Å². The molecular weight excluding hydrogens is 252 g/mol. The van der Waals surface area contributed by atoms with Crippen molar-refractivity contribution in [3.8, 4) is 0 Å². The number of rotatable bonds is 3. The lowest BCUT2D eigenvalue weighted by molar-refractivity contribution is 0.0477. The van der Waals surface area contributed by atoms with E-state index in [4.69, 9.17) is 4.74 Å². The molecule has 0 aromatic heterocycles. The van der Waals surface area contributed by atoms with E-state index in [0.717, 1.165) is 12.8 Å². The van der Waals surface area contributed by atoms with Crippen molar-refractivity contribution in [2.24, 2.45) is 0 Å². The second-order valence-corrected chi connectivity index (χ2v) is 7.29. The Bertz CT molecular complexity index is 319. The molecule has 0 aliphatic heterocycles. The molecule has 2 saturated carbocycles. The molecule has 0 saturated heterocycles. The number of hydrogen-bond donors (Lipinski definition) is 2. The molecule has 2 rings (SSSR count). The fraction of sp³-hybridized carbons (Fsp3) is 0.938. The molecule has 0 spiro atoms. The molecule has 2 atom stereocenters. The van der Waals surface area contributed by atoms with Gasteiger partial charge in [-0.15, -0.1) is 0 Å². The van der Waals surface area contributed by atoms with Gasteiger partial charge in [-0.2, -0.15) is 0 Å². The maximum absolute atomic E-state index is 11.9. The number of nitrogens with one attached hydrogen (secondary N) is 2. The zero-order chi connectivity index (χ0) is 14.6. The van der Waals surface area contributed by atoms with E-state index in [9.17, 15) is 4.79 Å². The first-order chi connectivity index (χ1) is 9.44. The summed E-state index contributed by atoms with van der Waals surface area (Å²) in [4.78, 5) is 11.9. The topological polar surface area (TPSA) is 50.4 Å². The molecular formula is C16H30N2O2. The van der Waals surface area contributed by atoms with Crippen molar-refractivity contribution >= 4 is 6.09 Å². The van der Waals surface area contributed by atoms with Crippen LogP contribution < -0.4 is 10.6 Å². The van der Waals surface area contributed by atoms with Crippen molar-refractivity contribution in [3.05, 3.63) is 0 Å². The summed E-state index contributed by atoms with van der Waals surface area (Å²) in [6.45, 7) is 5.71. The van der Waals surface area contributed by atoms with Crippen molar-refractivity contribution in [2.45, 2.75) is 95.9 Å². The Morgan fingerprint density at radius 3 is 2.10 bits per heavy atom. The maximum atomic E-state index is 11.9. The summed E-state index contributed by atoms with van der Waals surface area (Å²) in [6.07, 6.45) is 9.66. The molecule has 2 unspecified atom stereocenters. The minimum absolute atomic E-state index is 0.221. The van der Waals surface area contributed by atoms with Gasteiger partial charge in [0.25, 0.3) is 0 Å². The standard InChI is InChI=1S/C16H30N2O2/c1-16(2,3)20-15(19)18-14-11-7-6-10-13(14)17-12-8-4-5-9-12/h12-14,17H,4-11H2,1-3H3,(H,18,19). The van der Waals surface area contributed by atoms with Gasteiger partial charge in [0.05, 0.1) is 0 Å². The zero-order valence-corrected chi connectivity index (χ0v) is 13.2. The highest BCUT2D eigenvalue weighted by Crippen LogP contribution is 2.24. The Balaban J connectivity index is 1.84. The molecule has 0 aromatic rings. The summed E-state index contributed by atoms with van der Waals surface area (Å²) in [5, 5.41) is 6.84. The Hall–Kier alpha value is -0.770. The van der Waals surface area contributed by atoms with Crippen LogP contribution in [0.25, 0.3) is 0 Å². The average molecular weight is 282 g/mol. The van der Waals surface area contributed by atoms with Crippen LogP contribution in [0, 0.1) is 0 Å². The number of hydrogen-bond acceptors (Lipinski definition) is 3. The van der Waals surface area contributed by atoms with Gasteiger partial charge in [0, 0.05) is 18.1 Å². The molecule has 20 heavy (non-hydrogen) atoms. The maximum Gasteiger partial charge on any atom is 0.407 e. The van der Waals surface area contributed by atoms with Gasteiger partial charge in [-0.05, 0) is 46.5 Å². The third-order valence-electron chi connectivity index (χ3n) is 4.27. The Kier molecular flexibility index (Phi) is 5.30. The van der Waals surface area contributed by atoms with Gasteiger partial charge >= 0.3 is 6.09 Å². The van der Waals surface area contributed by atoms with Gasteiger partial charge in [0.15, 0.2) is 0 Å². The van der Waals surface area contributed by atoms with Crippen LogP contribution in [0.2, 0.25) is 0 Å². The number of ether oxygens (including phenoxy) is 1. The van der Waals surface area contributed by atoms with Crippen LogP contribution in [-0.2, 0) is 4.74 Å². The van der Waals surface area contributed by atoms with E-state index in [-0.39, 0.29) is 12.1 Å². The molecule has 2 aliphatic carbocycles. The number of carbonyl (C=O) groups is 1. The minimum Gasteiger partial charge on any atom is -0.444 e. The van der Waals surface area contributed by atoms with Crippen LogP contribution in [-0.4, -0.2) is 29.8 Å². The Morgan fingerprint density at radius 2 is 1.50 bits per heavy atom. The summed E-state index contributed by atoms with van der Waals surface area (Å²) in [5.74, 6) is 0. The summed E-state index contributed by atoms with van der Waals surface area (Å²) in [7, 11) is 0. The van der Waals surface area contributed by atoms with E-state index in [1.807, 2.05) is 20.8 Å². The van der Waals surface area contributed by atoms with E-state index in [1.165, 1.54) is 38.5 Å². The molecule has 0 bridgehead atoms. The van der Waals surface area contributed by atoms with E-state index >= 15 is 0 Å². The lowest BCUT2D eigenvalue weighted by atomic mass is 9.89. The third kappa shape index (κ3) is 4.97. The SMILES string of the molecule is CC(C)(C)OC(=O)NC1CCCCC1NC1CCCC1. The van der Waals surface area contributed by atoms with Gasteiger partial charge in [0.1, 0.15) is 5.60 Å². The Morgan fingerprint density at radius 1 is 0.950 bits per heavy atom. The molecule has 2 fully saturated rings. The van der Waals surface area contributed by atoms with Crippen LogP contribution in [0.1, 0.15) is 72.1 Å². The first-order valence-corrected chi connectivity index (χ1v) is 8.19. The van der Waals surface area contributed by atoms with E-state index in [1.54, 1.807) is 0 Å². The van der Waals surface area contributed by atoms with Crippen molar-refractivity contribution in [2.75, 3.05) is 0 Å². The van der Waals surface area contributed by atoms with Gasteiger partial charge < -0.3 is 15.4 Å². The zero-order valence-electron chi connectivity index (χ0n) is 13.2. The van der Waals surface area contributed by atoms with E-state index in [0.29, 0.717) is 12.1 Å². The second kappa shape index (κ2) is 6.79. The van der Waals surface area contributed by atoms with Crippen LogP contribution in [0.3, 0.4) is 0 Å². The van der Waals surface area contributed by atoms with Crippen LogP contribution >= 0.6 is 0 Å². The van der Waals surface area contributed by atoms with Crippen LogP contribution in [0.4, 0.5) is 4.79 Å². The highest BCUT2D eigenvalue weighted by atomic mass is 16.6. The third-order valence-corrected chi connectivity index (χ3v) is 4.27. The smallest absolute Gasteiger partial charge is 0.407 e. The largest absolute Gasteiger partial charge is 0.444 e. The van der Waals surface area contributed by atoms with E-state index < -0.39 is 5.60 Å². The molecule has 4 nitrogen and oxygen atoms in total. The fourth-order valence-corrected chi connectivity index (χ4v) is 3.36. The summed E-state index contributed by atoms with van der Waals surface area (Å²) >= 11 is 0. The number of alkyl carbamates (subject to hydrolysis) is 1. The summed E-state index contributed by atoms with van der Waals surface area (Å²) < 4.78 is 5.38. The lowest BCUT2D eigenvalue weighted by Gasteiger charge is -2.35. The molecule has 116 valence electrons. The molecule has 2 aliphatic rings. The monoisotopic (exact) mass is 282 g/mol. The first-order valence-electron chi connectivity index (χ1n) is 8.19. The van der Waals surface area contributed by atoms with Crippen LogP contribution in [0.15, 0.2) is 0 Å². The minimum atomic E-state index is -0.423. The van der Waals surface area contributed by atoms with Gasteiger partial charge in [-0.25, -0.2) is 4.79 Å². The average Bonchev–Trinajstić information content (AvgIpc) is 2.82. The number of amides is 1. The van der Waals surface area contributed by atoms with E-state index in [2.05, 4.69) is 10.6 Å². The second-order valence-electron chi connectivity index (χ2n) is 7.29. The van der Waals surface area contributed by atoms with Crippen molar-refractivity contribution in [3.63, 3.8) is 0 Å². The Labute approximate surface area is 123 Å². The van der Waals surface area contributed by atoms with Crippen molar-refractivity contribution in [1.82, 2.24) is 10.6 Å². The molecule has 2 N–H and O–H groups in total. The lowest BCUT2D eigenvalue weighted by Crippen LogP contribution is -2.54. The van der Waals surface area contributed by atoms with Crippen molar-refractivity contribution < 1.29 is 9.53 Å². The highest BCUT2D eigenvalue weighted by Gasteiger charge is 2.30. The number of carbonyl (C=O) groups excluding carboxylic acids is 1. The first kappa shape index (κ1) is 15.6. The van der Waals surface area contributed by atoms with Gasteiger partial charge in [-0.3, -0.25) is 0 Å². The normalized spacial score (nSPS) is 28.4. The molecule has 4 heteroatoms. The predicted octanol–water partition coefficient (Wildman–Crippen LogP) is 3.35. The predicted molar refractivity (Wildman–Crippen MR) is 80.8 cm³/mol.